The first-order valence-electron chi connectivity index (χ1n) is 6.08. The summed E-state index contributed by atoms with van der Waals surface area (Å²) in [6, 6.07) is 0.640. The van der Waals surface area contributed by atoms with E-state index in [9.17, 15) is 0 Å². The fourth-order valence-electron chi connectivity index (χ4n) is 1.78. The van der Waals surface area contributed by atoms with E-state index in [0.717, 1.165) is 19.4 Å². The lowest BCUT2D eigenvalue weighted by molar-refractivity contribution is 0.453. The fourth-order valence-corrected chi connectivity index (χ4v) is 2.37. The number of hydrogen-bond donors (Lipinski definition) is 1. The van der Waals surface area contributed by atoms with Gasteiger partial charge in [-0.3, -0.25) is 0 Å². The third kappa shape index (κ3) is 5.42. The van der Waals surface area contributed by atoms with Gasteiger partial charge in [-0.2, -0.15) is 0 Å². The molecule has 1 N–H and O–H groups in total. The van der Waals surface area contributed by atoms with Gasteiger partial charge in [0.25, 0.3) is 0 Å². The molecule has 0 aromatic carbocycles. The fraction of sp³-hybridized carbons (Fsp3) is 0.615. The number of thiazole rings is 1. The maximum atomic E-state index is 4.28. The molecule has 0 aliphatic heterocycles. The molecule has 1 rings (SSSR count). The van der Waals surface area contributed by atoms with E-state index in [2.05, 4.69) is 29.2 Å². The summed E-state index contributed by atoms with van der Waals surface area (Å²) in [5.41, 5.74) is 3.10. The van der Waals surface area contributed by atoms with Crippen LogP contribution in [0.15, 0.2) is 23.5 Å². The molecule has 0 amide bonds. The highest BCUT2D eigenvalue weighted by Crippen LogP contribution is 2.06. The van der Waals surface area contributed by atoms with E-state index in [0.29, 0.717) is 6.04 Å². The highest BCUT2D eigenvalue weighted by Gasteiger charge is 2.05. The van der Waals surface area contributed by atoms with Gasteiger partial charge in [0, 0.05) is 24.4 Å². The van der Waals surface area contributed by atoms with Crippen molar-refractivity contribution in [3.63, 3.8) is 0 Å². The normalized spacial score (nSPS) is 12.6. The molecule has 90 valence electrons. The molecule has 0 bridgehead atoms. The molecule has 0 spiro atoms. The average molecular weight is 238 g/mol. The van der Waals surface area contributed by atoms with Crippen LogP contribution in [0.25, 0.3) is 0 Å². The molecule has 0 radical (unpaired) electrons. The van der Waals surface area contributed by atoms with Gasteiger partial charge < -0.3 is 5.32 Å². The van der Waals surface area contributed by atoms with Crippen LogP contribution in [0.4, 0.5) is 0 Å². The van der Waals surface area contributed by atoms with Crippen molar-refractivity contribution in [2.45, 2.75) is 45.1 Å². The van der Waals surface area contributed by atoms with Gasteiger partial charge in [-0.05, 0) is 19.3 Å². The summed E-state index contributed by atoms with van der Waals surface area (Å²) in [7, 11) is 0. The standard InChI is InChI=1S/C13H22N2S/c1-3-5-7-12(6-4-2)14-9-8-13-10-16-11-15-13/h3,10-12,14H,1,4-9H2,2H3. The van der Waals surface area contributed by atoms with Gasteiger partial charge in [0.2, 0.25) is 0 Å². The molecule has 1 atom stereocenters. The number of hydrogen-bond acceptors (Lipinski definition) is 3. The first kappa shape index (κ1) is 13.4. The Labute approximate surface area is 103 Å². The van der Waals surface area contributed by atoms with Crippen LogP contribution in [0.5, 0.6) is 0 Å². The lowest BCUT2D eigenvalue weighted by Crippen LogP contribution is -2.30. The number of rotatable bonds is 9. The lowest BCUT2D eigenvalue weighted by Gasteiger charge is -2.16. The minimum absolute atomic E-state index is 0.640. The van der Waals surface area contributed by atoms with E-state index < -0.39 is 0 Å². The number of nitrogens with zero attached hydrogens (tertiary/aromatic N) is 1. The number of nitrogens with one attached hydrogen (secondary N) is 1. The largest absolute Gasteiger partial charge is 0.314 e. The topological polar surface area (TPSA) is 24.9 Å². The van der Waals surface area contributed by atoms with Crippen molar-refractivity contribution in [1.82, 2.24) is 10.3 Å². The highest BCUT2D eigenvalue weighted by atomic mass is 32.1. The van der Waals surface area contributed by atoms with Crippen LogP contribution in [-0.2, 0) is 6.42 Å². The van der Waals surface area contributed by atoms with Crippen molar-refractivity contribution in [2.24, 2.45) is 0 Å². The molecule has 0 fully saturated rings. The monoisotopic (exact) mass is 238 g/mol. The highest BCUT2D eigenvalue weighted by molar-refractivity contribution is 7.07. The summed E-state index contributed by atoms with van der Waals surface area (Å²) in [5, 5.41) is 5.74. The molecule has 16 heavy (non-hydrogen) atoms. The van der Waals surface area contributed by atoms with Crippen LogP contribution in [0, 0.1) is 0 Å². The summed E-state index contributed by atoms with van der Waals surface area (Å²) in [6.45, 7) is 7.05. The maximum absolute atomic E-state index is 4.28. The van der Waals surface area contributed by atoms with E-state index >= 15 is 0 Å². The summed E-state index contributed by atoms with van der Waals surface area (Å²) in [5.74, 6) is 0. The molecule has 1 aromatic rings. The molecule has 0 saturated heterocycles. The molecule has 0 aliphatic rings. The number of aromatic nitrogens is 1. The average Bonchev–Trinajstić information content (AvgIpc) is 2.79. The van der Waals surface area contributed by atoms with Crippen molar-refractivity contribution < 1.29 is 0 Å². The Bertz CT molecular complexity index is 269. The zero-order valence-electron chi connectivity index (χ0n) is 10.1. The van der Waals surface area contributed by atoms with Crippen LogP contribution < -0.4 is 5.32 Å². The van der Waals surface area contributed by atoms with E-state index in [-0.39, 0.29) is 0 Å². The second kappa shape index (κ2) is 8.48. The summed E-state index contributed by atoms with van der Waals surface area (Å²) in [6.07, 6.45) is 7.85. The zero-order valence-corrected chi connectivity index (χ0v) is 10.9. The summed E-state index contributed by atoms with van der Waals surface area (Å²) in [4.78, 5) is 4.28. The van der Waals surface area contributed by atoms with Gasteiger partial charge in [0.05, 0.1) is 11.2 Å². The molecule has 1 heterocycles. The predicted molar refractivity (Wildman–Crippen MR) is 71.9 cm³/mol. The first-order valence-corrected chi connectivity index (χ1v) is 7.02. The van der Waals surface area contributed by atoms with Gasteiger partial charge in [-0.15, -0.1) is 17.9 Å². The third-order valence-corrected chi connectivity index (χ3v) is 3.29. The Balaban J connectivity index is 2.18. The molecule has 0 aliphatic carbocycles. The van der Waals surface area contributed by atoms with Crippen molar-refractivity contribution in [3.05, 3.63) is 29.2 Å². The Morgan fingerprint density at radius 2 is 2.44 bits per heavy atom. The van der Waals surface area contributed by atoms with E-state index in [4.69, 9.17) is 0 Å². The van der Waals surface area contributed by atoms with E-state index in [1.165, 1.54) is 25.0 Å². The quantitative estimate of drug-likeness (QED) is 0.667. The van der Waals surface area contributed by atoms with Gasteiger partial charge >= 0.3 is 0 Å². The minimum atomic E-state index is 0.640. The molecular weight excluding hydrogens is 216 g/mol. The summed E-state index contributed by atoms with van der Waals surface area (Å²) >= 11 is 1.67. The van der Waals surface area contributed by atoms with Crippen LogP contribution in [0.3, 0.4) is 0 Å². The summed E-state index contributed by atoms with van der Waals surface area (Å²) < 4.78 is 0. The van der Waals surface area contributed by atoms with Crippen molar-refractivity contribution in [2.75, 3.05) is 6.54 Å². The van der Waals surface area contributed by atoms with Crippen molar-refractivity contribution >= 4 is 11.3 Å². The Kier molecular flexibility index (Phi) is 7.10. The third-order valence-electron chi connectivity index (χ3n) is 2.65. The second-order valence-corrected chi connectivity index (χ2v) is 4.75. The second-order valence-electron chi connectivity index (χ2n) is 4.04. The SMILES string of the molecule is C=CCCC(CCC)NCCc1cscn1. The maximum Gasteiger partial charge on any atom is 0.0794 e. The lowest BCUT2D eigenvalue weighted by atomic mass is 10.1. The zero-order chi connectivity index (χ0) is 11.6. The Hall–Kier alpha value is -0.670. The predicted octanol–water partition coefficient (Wildman–Crippen LogP) is 3.41. The smallest absolute Gasteiger partial charge is 0.0794 e. The van der Waals surface area contributed by atoms with Gasteiger partial charge in [-0.1, -0.05) is 19.4 Å². The van der Waals surface area contributed by atoms with Crippen molar-refractivity contribution in [1.29, 1.82) is 0 Å². The molecule has 1 unspecified atom stereocenters. The molecule has 1 aromatic heterocycles. The van der Waals surface area contributed by atoms with Gasteiger partial charge in [-0.25, -0.2) is 4.98 Å². The Morgan fingerprint density at radius 3 is 3.06 bits per heavy atom. The minimum Gasteiger partial charge on any atom is -0.314 e. The van der Waals surface area contributed by atoms with Crippen LogP contribution in [0.1, 0.15) is 38.3 Å². The van der Waals surface area contributed by atoms with Crippen LogP contribution in [-0.4, -0.2) is 17.6 Å². The van der Waals surface area contributed by atoms with Gasteiger partial charge in [0.15, 0.2) is 0 Å². The van der Waals surface area contributed by atoms with E-state index in [1.54, 1.807) is 11.3 Å². The van der Waals surface area contributed by atoms with Gasteiger partial charge in [0.1, 0.15) is 0 Å². The van der Waals surface area contributed by atoms with Crippen molar-refractivity contribution in [3.8, 4) is 0 Å². The molecule has 0 saturated carbocycles. The molecular formula is C13H22N2S. The first-order chi connectivity index (χ1) is 7.86. The van der Waals surface area contributed by atoms with E-state index in [1.807, 2.05) is 11.6 Å². The number of allylic oxidation sites excluding steroid dienone is 1. The van der Waals surface area contributed by atoms with Crippen LogP contribution >= 0.6 is 11.3 Å². The van der Waals surface area contributed by atoms with Crippen LogP contribution in [0.2, 0.25) is 0 Å². The Morgan fingerprint density at radius 1 is 1.56 bits per heavy atom. The molecule has 2 nitrogen and oxygen atoms in total. The molecule has 3 heteroatoms.